The van der Waals surface area contributed by atoms with Crippen molar-refractivity contribution in [3.8, 4) is 0 Å². The molecule has 122 valence electrons. The first kappa shape index (κ1) is 18.1. The average molecular weight is 316 g/mol. The highest BCUT2D eigenvalue weighted by atomic mass is 32.2. The molecule has 0 aliphatic heterocycles. The molecular weight excluding hydrogens is 288 g/mol. The zero-order valence-corrected chi connectivity index (χ0v) is 14.3. The van der Waals surface area contributed by atoms with E-state index in [1.165, 1.54) is 6.20 Å². The van der Waals surface area contributed by atoms with Gasteiger partial charge in [0.05, 0.1) is 6.20 Å². The summed E-state index contributed by atoms with van der Waals surface area (Å²) in [6.45, 7) is 11.2. The molecule has 1 aromatic rings. The van der Waals surface area contributed by atoms with Gasteiger partial charge in [0.15, 0.2) is 5.03 Å². The number of hydrogen-bond donors (Lipinski definition) is 2. The molecule has 1 atom stereocenters. The molecule has 6 nitrogen and oxygen atoms in total. The van der Waals surface area contributed by atoms with Crippen molar-refractivity contribution in [1.82, 2.24) is 19.6 Å². The van der Waals surface area contributed by atoms with Gasteiger partial charge in [-0.2, -0.15) is 0 Å². The van der Waals surface area contributed by atoms with E-state index in [4.69, 9.17) is 0 Å². The molecule has 1 rings (SSSR count). The number of nitrogens with one attached hydrogen (secondary N) is 2. The molecule has 1 heterocycles. The maximum Gasteiger partial charge on any atom is 0.257 e. The lowest BCUT2D eigenvalue weighted by atomic mass is 10.2. The number of nitrogens with zero attached hydrogens (tertiary/aromatic N) is 2. The van der Waals surface area contributed by atoms with Crippen LogP contribution in [0.4, 0.5) is 0 Å². The van der Waals surface area contributed by atoms with E-state index in [0.29, 0.717) is 12.2 Å². The van der Waals surface area contributed by atoms with E-state index < -0.39 is 10.0 Å². The number of imidazole rings is 1. The van der Waals surface area contributed by atoms with E-state index in [0.717, 1.165) is 32.5 Å². The lowest BCUT2D eigenvalue weighted by Crippen LogP contribution is -2.34. The van der Waals surface area contributed by atoms with Crippen molar-refractivity contribution in [2.45, 2.75) is 58.0 Å². The zero-order valence-electron chi connectivity index (χ0n) is 13.5. The van der Waals surface area contributed by atoms with Gasteiger partial charge in [0.1, 0.15) is 5.82 Å². The van der Waals surface area contributed by atoms with E-state index in [-0.39, 0.29) is 11.1 Å². The first-order valence-electron chi connectivity index (χ1n) is 7.71. The van der Waals surface area contributed by atoms with Gasteiger partial charge >= 0.3 is 0 Å². The molecule has 7 heteroatoms. The Morgan fingerprint density at radius 1 is 1.33 bits per heavy atom. The van der Waals surface area contributed by atoms with Crippen LogP contribution >= 0.6 is 0 Å². The van der Waals surface area contributed by atoms with E-state index in [9.17, 15) is 8.42 Å². The molecule has 21 heavy (non-hydrogen) atoms. The number of aryl methyl sites for hydroxylation is 1. The third kappa shape index (κ3) is 5.76. The Kier molecular flexibility index (Phi) is 7.34. The summed E-state index contributed by atoms with van der Waals surface area (Å²) in [4.78, 5) is 9.20. The van der Waals surface area contributed by atoms with Gasteiger partial charge in [-0.1, -0.05) is 20.8 Å². The number of H-pyrrole nitrogens is 1. The molecule has 0 aliphatic rings. The van der Waals surface area contributed by atoms with Gasteiger partial charge in [0, 0.05) is 12.5 Å². The van der Waals surface area contributed by atoms with Crippen molar-refractivity contribution in [1.29, 1.82) is 0 Å². The highest BCUT2D eigenvalue weighted by molar-refractivity contribution is 7.89. The van der Waals surface area contributed by atoms with Crippen molar-refractivity contribution in [2.75, 3.05) is 19.6 Å². The van der Waals surface area contributed by atoms with E-state index in [2.05, 4.69) is 33.4 Å². The molecule has 0 saturated heterocycles. The van der Waals surface area contributed by atoms with Crippen LogP contribution in [-0.2, 0) is 16.4 Å². The third-order valence-corrected chi connectivity index (χ3v) is 5.09. The van der Waals surface area contributed by atoms with Crippen molar-refractivity contribution in [3.05, 3.63) is 12.0 Å². The quantitative estimate of drug-likeness (QED) is 0.689. The molecule has 1 unspecified atom stereocenters. The van der Waals surface area contributed by atoms with E-state index in [1.54, 1.807) is 0 Å². The topological polar surface area (TPSA) is 78.1 Å². The molecule has 0 radical (unpaired) electrons. The second kappa shape index (κ2) is 8.51. The first-order valence-corrected chi connectivity index (χ1v) is 9.19. The monoisotopic (exact) mass is 316 g/mol. The molecule has 0 fully saturated rings. The van der Waals surface area contributed by atoms with Crippen molar-refractivity contribution >= 4 is 10.0 Å². The maximum atomic E-state index is 12.2. The van der Waals surface area contributed by atoms with E-state index in [1.807, 2.05) is 13.8 Å². The maximum absolute atomic E-state index is 12.2. The second-order valence-corrected chi connectivity index (χ2v) is 6.92. The predicted molar refractivity (Wildman–Crippen MR) is 84.8 cm³/mol. The lowest BCUT2D eigenvalue weighted by Gasteiger charge is -2.19. The minimum atomic E-state index is -3.49. The summed E-state index contributed by atoms with van der Waals surface area (Å²) in [5, 5.41) is 0.148. The van der Waals surface area contributed by atoms with Crippen molar-refractivity contribution in [2.24, 2.45) is 0 Å². The Bertz CT molecular complexity index is 509. The number of hydrogen-bond acceptors (Lipinski definition) is 4. The van der Waals surface area contributed by atoms with Gasteiger partial charge in [-0.3, -0.25) is 0 Å². The molecule has 0 spiro atoms. The summed E-state index contributed by atoms with van der Waals surface area (Å²) < 4.78 is 27.1. The molecule has 0 aliphatic carbocycles. The van der Waals surface area contributed by atoms with Crippen LogP contribution in [0.5, 0.6) is 0 Å². The average Bonchev–Trinajstić information content (AvgIpc) is 2.93. The summed E-state index contributed by atoms with van der Waals surface area (Å²) >= 11 is 0. The molecule has 2 N–H and O–H groups in total. The van der Waals surface area contributed by atoms with Crippen LogP contribution < -0.4 is 4.72 Å². The van der Waals surface area contributed by atoms with Crippen LogP contribution in [0.25, 0.3) is 0 Å². The van der Waals surface area contributed by atoms with Crippen LogP contribution in [0.2, 0.25) is 0 Å². The second-order valence-electron chi connectivity index (χ2n) is 5.24. The standard InChI is InChI=1S/C14H28N4O2S/c1-5-13-15-11-14(16-13)21(19,20)17-12(4)9-8-10-18(6-2)7-3/h11-12,17H,5-10H2,1-4H3,(H,15,16). The molecule has 0 aromatic carbocycles. The summed E-state index contributed by atoms with van der Waals surface area (Å²) in [5.74, 6) is 0.685. The highest BCUT2D eigenvalue weighted by Crippen LogP contribution is 2.09. The molecule has 1 aromatic heterocycles. The van der Waals surface area contributed by atoms with Crippen molar-refractivity contribution in [3.63, 3.8) is 0 Å². The molecular formula is C14H28N4O2S. The molecule has 0 amide bonds. The fourth-order valence-electron chi connectivity index (χ4n) is 2.21. The number of aromatic nitrogens is 2. The molecule has 0 bridgehead atoms. The SMILES string of the molecule is CCc1ncc(S(=O)(=O)NC(C)CCCN(CC)CC)[nH]1. The largest absolute Gasteiger partial charge is 0.332 e. The predicted octanol–water partition coefficient (Wildman–Crippen LogP) is 1.76. The van der Waals surface area contributed by atoms with Crippen LogP contribution in [-0.4, -0.2) is 49.0 Å². The summed E-state index contributed by atoms with van der Waals surface area (Å²) in [6.07, 6.45) is 3.87. The van der Waals surface area contributed by atoms with Crippen LogP contribution in [0.15, 0.2) is 11.2 Å². The highest BCUT2D eigenvalue weighted by Gasteiger charge is 2.19. The normalized spacial score (nSPS) is 13.8. The Morgan fingerprint density at radius 3 is 2.52 bits per heavy atom. The Labute approximate surface area is 128 Å². The number of sulfonamides is 1. The third-order valence-electron chi connectivity index (χ3n) is 3.59. The number of aromatic amines is 1. The summed E-state index contributed by atoms with van der Waals surface area (Å²) in [7, 11) is -3.49. The zero-order chi connectivity index (χ0) is 15.9. The summed E-state index contributed by atoms with van der Waals surface area (Å²) in [6, 6.07) is -0.0843. The van der Waals surface area contributed by atoms with Crippen LogP contribution in [0.3, 0.4) is 0 Å². The minimum Gasteiger partial charge on any atom is -0.332 e. The lowest BCUT2D eigenvalue weighted by molar-refractivity contribution is 0.293. The fraction of sp³-hybridized carbons (Fsp3) is 0.786. The molecule has 0 saturated carbocycles. The van der Waals surface area contributed by atoms with E-state index >= 15 is 0 Å². The summed E-state index contributed by atoms with van der Waals surface area (Å²) in [5.41, 5.74) is 0. The number of rotatable bonds is 10. The Hall–Kier alpha value is -0.920. The smallest absolute Gasteiger partial charge is 0.257 e. The first-order chi connectivity index (χ1) is 9.92. The van der Waals surface area contributed by atoms with Crippen LogP contribution in [0.1, 0.15) is 46.4 Å². The van der Waals surface area contributed by atoms with Gasteiger partial charge in [-0.05, 0) is 39.4 Å². The van der Waals surface area contributed by atoms with Gasteiger partial charge in [-0.25, -0.2) is 18.1 Å². The minimum absolute atomic E-state index is 0.0843. The van der Waals surface area contributed by atoms with Crippen molar-refractivity contribution < 1.29 is 8.42 Å². The Balaban J connectivity index is 2.47. The van der Waals surface area contributed by atoms with Gasteiger partial charge < -0.3 is 9.88 Å². The van der Waals surface area contributed by atoms with Crippen LogP contribution in [0, 0.1) is 0 Å². The van der Waals surface area contributed by atoms with Gasteiger partial charge in [0.25, 0.3) is 10.0 Å². The fourth-order valence-corrected chi connectivity index (χ4v) is 3.43. The Morgan fingerprint density at radius 2 is 2.00 bits per heavy atom. The van der Waals surface area contributed by atoms with Gasteiger partial charge in [0.2, 0.25) is 0 Å². The van der Waals surface area contributed by atoms with Gasteiger partial charge in [-0.15, -0.1) is 0 Å².